The number of rotatable bonds is 3. The van der Waals surface area contributed by atoms with Gasteiger partial charge in [-0.05, 0) is 37.1 Å². The molecule has 1 aromatic rings. The van der Waals surface area contributed by atoms with E-state index in [-0.39, 0.29) is 16.9 Å². The van der Waals surface area contributed by atoms with Crippen LogP contribution in [0.25, 0.3) is 0 Å². The molecule has 0 spiro atoms. The molecule has 7 heteroatoms. The Morgan fingerprint density at radius 2 is 2.10 bits per heavy atom. The van der Waals surface area contributed by atoms with Crippen LogP contribution in [0.15, 0.2) is 23.1 Å². The lowest BCUT2D eigenvalue weighted by Crippen LogP contribution is -2.30. The number of likely N-dealkylation sites (tertiary alicyclic amines) is 1. The van der Waals surface area contributed by atoms with Crippen molar-refractivity contribution in [1.29, 1.82) is 0 Å². The van der Waals surface area contributed by atoms with Gasteiger partial charge in [0.15, 0.2) is 0 Å². The van der Waals surface area contributed by atoms with E-state index in [4.69, 9.17) is 9.88 Å². The highest BCUT2D eigenvalue weighted by Crippen LogP contribution is 2.19. The molecule has 1 fully saturated rings. The number of benzene rings is 1. The largest absolute Gasteiger partial charge is 0.380 e. The molecule has 1 atom stereocenters. The van der Waals surface area contributed by atoms with Crippen molar-refractivity contribution < 1.29 is 17.9 Å². The zero-order valence-corrected chi connectivity index (χ0v) is 12.3. The van der Waals surface area contributed by atoms with E-state index in [9.17, 15) is 13.2 Å². The minimum atomic E-state index is -3.82. The Bertz CT molecular complexity index is 627. The SMILES string of the molecule is COC1CCN(C(=O)c2cc(C)cc(S(N)(=O)=O)c2)C1. The van der Waals surface area contributed by atoms with Gasteiger partial charge in [-0.2, -0.15) is 0 Å². The third kappa shape index (κ3) is 3.17. The Hall–Kier alpha value is -1.44. The zero-order valence-electron chi connectivity index (χ0n) is 11.5. The van der Waals surface area contributed by atoms with Crippen molar-refractivity contribution in [3.63, 3.8) is 0 Å². The van der Waals surface area contributed by atoms with Gasteiger partial charge in [-0.15, -0.1) is 0 Å². The van der Waals surface area contributed by atoms with Crippen LogP contribution in [0.4, 0.5) is 0 Å². The lowest BCUT2D eigenvalue weighted by Gasteiger charge is -2.17. The van der Waals surface area contributed by atoms with Gasteiger partial charge in [-0.1, -0.05) is 0 Å². The number of primary sulfonamides is 1. The summed E-state index contributed by atoms with van der Waals surface area (Å²) in [6.45, 7) is 2.86. The van der Waals surface area contributed by atoms with E-state index in [1.54, 1.807) is 25.0 Å². The van der Waals surface area contributed by atoms with Gasteiger partial charge in [-0.25, -0.2) is 13.6 Å². The molecule has 1 heterocycles. The molecule has 0 bridgehead atoms. The third-order valence-electron chi connectivity index (χ3n) is 3.39. The van der Waals surface area contributed by atoms with Gasteiger partial charge in [0.2, 0.25) is 10.0 Å². The summed E-state index contributed by atoms with van der Waals surface area (Å²) in [7, 11) is -2.20. The molecule has 110 valence electrons. The summed E-state index contributed by atoms with van der Waals surface area (Å²) >= 11 is 0. The fraction of sp³-hybridized carbons (Fsp3) is 0.462. The minimum absolute atomic E-state index is 0.0386. The first-order chi connectivity index (χ1) is 9.31. The average molecular weight is 298 g/mol. The molecule has 1 amide bonds. The predicted octanol–water partition coefficient (Wildman–Crippen LogP) is 0.503. The van der Waals surface area contributed by atoms with Crippen molar-refractivity contribution in [2.75, 3.05) is 20.2 Å². The molecule has 1 unspecified atom stereocenters. The van der Waals surface area contributed by atoms with E-state index >= 15 is 0 Å². The number of ether oxygens (including phenoxy) is 1. The van der Waals surface area contributed by atoms with Gasteiger partial charge in [0.05, 0.1) is 11.0 Å². The van der Waals surface area contributed by atoms with Crippen molar-refractivity contribution in [3.8, 4) is 0 Å². The molecule has 1 aliphatic heterocycles. The Labute approximate surface area is 118 Å². The van der Waals surface area contributed by atoms with Crippen LogP contribution in [0.1, 0.15) is 22.3 Å². The fourth-order valence-corrected chi connectivity index (χ4v) is 2.96. The summed E-state index contributed by atoms with van der Waals surface area (Å²) in [6.07, 6.45) is 0.831. The van der Waals surface area contributed by atoms with Crippen LogP contribution in [-0.4, -0.2) is 45.5 Å². The van der Waals surface area contributed by atoms with Crippen molar-refractivity contribution in [2.24, 2.45) is 5.14 Å². The quantitative estimate of drug-likeness (QED) is 0.880. The maximum Gasteiger partial charge on any atom is 0.253 e. The van der Waals surface area contributed by atoms with Crippen LogP contribution in [0.5, 0.6) is 0 Å². The first kappa shape index (κ1) is 15.0. The maximum absolute atomic E-state index is 12.4. The second-order valence-corrected chi connectivity index (χ2v) is 6.54. The van der Waals surface area contributed by atoms with Crippen LogP contribution in [0, 0.1) is 6.92 Å². The van der Waals surface area contributed by atoms with Crippen molar-refractivity contribution in [3.05, 3.63) is 29.3 Å². The van der Waals surface area contributed by atoms with Crippen LogP contribution in [-0.2, 0) is 14.8 Å². The van der Waals surface area contributed by atoms with E-state index in [1.165, 1.54) is 12.1 Å². The molecular formula is C13H18N2O4S. The lowest BCUT2D eigenvalue weighted by molar-refractivity contribution is 0.0724. The molecule has 1 aliphatic rings. The Balaban J connectivity index is 2.29. The van der Waals surface area contributed by atoms with Gasteiger partial charge in [0, 0.05) is 25.8 Å². The third-order valence-corrected chi connectivity index (χ3v) is 4.28. The predicted molar refractivity (Wildman–Crippen MR) is 73.9 cm³/mol. The van der Waals surface area contributed by atoms with Crippen LogP contribution in [0.2, 0.25) is 0 Å². The van der Waals surface area contributed by atoms with Gasteiger partial charge >= 0.3 is 0 Å². The molecule has 1 saturated heterocycles. The number of nitrogens with zero attached hydrogens (tertiary/aromatic N) is 1. The second kappa shape index (κ2) is 5.51. The van der Waals surface area contributed by atoms with E-state index in [0.717, 1.165) is 6.42 Å². The van der Waals surface area contributed by atoms with Gasteiger partial charge in [0.1, 0.15) is 0 Å². The number of hydrogen-bond donors (Lipinski definition) is 1. The molecule has 2 rings (SSSR count). The summed E-state index contributed by atoms with van der Waals surface area (Å²) in [5.74, 6) is -0.196. The molecule has 0 aliphatic carbocycles. The first-order valence-electron chi connectivity index (χ1n) is 6.28. The maximum atomic E-state index is 12.4. The summed E-state index contributed by atoms with van der Waals surface area (Å²) in [5.41, 5.74) is 1.02. The smallest absolute Gasteiger partial charge is 0.253 e. The van der Waals surface area contributed by atoms with Crippen molar-refractivity contribution in [1.82, 2.24) is 4.90 Å². The number of methoxy groups -OCH3 is 1. The second-order valence-electron chi connectivity index (χ2n) is 4.98. The monoisotopic (exact) mass is 298 g/mol. The summed E-state index contributed by atoms with van der Waals surface area (Å²) in [6, 6.07) is 4.44. The lowest BCUT2D eigenvalue weighted by atomic mass is 10.1. The molecule has 6 nitrogen and oxygen atoms in total. The molecular weight excluding hydrogens is 280 g/mol. The van der Waals surface area contributed by atoms with E-state index < -0.39 is 10.0 Å². The molecule has 20 heavy (non-hydrogen) atoms. The van der Waals surface area contributed by atoms with Crippen LogP contribution in [0.3, 0.4) is 0 Å². The Morgan fingerprint density at radius 3 is 2.65 bits per heavy atom. The van der Waals surface area contributed by atoms with Gasteiger partial charge in [-0.3, -0.25) is 4.79 Å². The highest BCUT2D eigenvalue weighted by molar-refractivity contribution is 7.89. The summed E-state index contributed by atoms with van der Waals surface area (Å²) in [5, 5.41) is 5.12. The molecule has 1 aromatic carbocycles. The van der Waals surface area contributed by atoms with Crippen LogP contribution < -0.4 is 5.14 Å². The molecule has 0 radical (unpaired) electrons. The van der Waals surface area contributed by atoms with Crippen LogP contribution >= 0.6 is 0 Å². The zero-order chi connectivity index (χ0) is 14.9. The highest BCUT2D eigenvalue weighted by atomic mass is 32.2. The van der Waals surface area contributed by atoms with E-state index in [1.807, 2.05) is 0 Å². The average Bonchev–Trinajstić information content (AvgIpc) is 2.84. The van der Waals surface area contributed by atoms with Gasteiger partial charge in [0.25, 0.3) is 5.91 Å². The van der Waals surface area contributed by atoms with Gasteiger partial charge < -0.3 is 9.64 Å². The van der Waals surface area contributed by atoms with E-state index in [2.05, 4.69) is 0 Å². The number of nitrogens with two attached hydrogens (primary N) is 1. The van der Waals surface area contributed by atoms with Crippen molar-refractivity contribution in [2.45, 2.75) is 24.3 Å². The van der Waals surface area contributed by atoms with E-state index in [0.29, 0.717) is 24.2 Å². The first-order valence-corrected chi connectivity index (χ1v) is 7.82. The number of aryl methyl sites for hydroxylation is 1. The molecule has 0 saturated carbocycles. The number of carbonyl (C=O) groups is 1. The number of amides is 1. The topological polar surface area (TPSA) is 89.7 Å². The number of carbonyl (C=O) groups excluding carboxylic acids is 1. The standard InChI is InChI=1S/C13H18N2O4S/c1-9-5-10(7-12(6-9)20(14,17)18)13(16)15-4-3-11(8-15)19-2/h5-7,11H,3-4,8H2,1-2H3,(H2,14,17,18). The molecule has 0 aromatic heterocycles. The highest BCUT2D eigenvalue weighted by Gasteiger charge is 2.27. The Morgan fingerprint density at radius 1 is 1.40 bits per heavy atom. The number of hydrogen-bond acceptors (Lipinski definition) is 4. The summed E-state index contributed by atoms with van der Waals surface area (Å²) < 4.78 is 28.0. The minimum Gasteiger partial charge on any atom is -0.380 e. The summed E-state index contributed by atoms with van der Waals surface area (Å²) in [4.78, 5) is 14.0. The normalized spacial score (nSPS) is 19.4. The van der Waals surface area contributed by atoms with Crippen molar-refractivity contribution >= 4 is 15.9 Å². The number of sulfonamides is 1. The fourth-order valence-electron chi connectivity index (χ4n) is 2.32. The Kier molecular flexibility index (Phi) is 4.12. The molecule has 2 N–H and O–H groups in total.